The van der Waals surface area contributed by atoms with Gasteiger partial charge in [-0.05, 0) is 32.2 Å². The van der Waals surface area contributed by atoms with E-state index < -0.39 is 0 Å². The number of methoxy groups -OCH3 is 1. The Bertz CT molecular complexity index is 142. The van der Waals surface area contributed by atoms with E-state index in [2.05, 4.69) is 26.1 Å². The molecule has 0 aromatic heterocycles. The van der Waals surface area contributed by atoms with Crippen LogP contribution in [0.25, 0.3) is 0 Å². The van der Waals surface area contributed by atoms with Gasteiger partial charge < -0.3 is 14.8 Å². The molecule has 0 rings (SSSR count). The minimum absolute atomic E-state index is 0.624. The molecule has 0 radical (unpaired) electrons. The van der Waals surface area contributed by atoms with Crippen LogP contribution in [0.3, 0.4) is 0 Å². The third-order valence-corrected chi connectivity index (χ3v) is 3.11. The molecular formula is C13H29NO2. The zero-order valence-electron chi connectivity index (χ0n) is 11.4. The topological polar surface area (TPSA) is 30.5 Å². The van der Waals surface area contributed by atoms with Crippen molar-refractivity contribution >= 4 is 0 Å². The van der Waals surface area contributed by atoms with E-state index in [-0.39, 0.29) is 0 Å². The van der Waals surface area contributed by atoms with E-state index in [4.69, 9.17) is 9.47 Å². The molecule has 2 unspecified atom stereocenters. The molecule has 0 heterocycles. The van der Waals surface area contributed by atoms with Crippen LogP contribution >= 0.6 is 0 Å². The summed E-state index contributed by atoms with van der Waals surface area (Å²) >= 11 is 0. The third kappa shape index (κ3) is 9.13. The molecule has 1 N–H and O–H groups in total. The summed E-state index contributed by atoms with van der Waals surface area (Å²) in [5.74, 6) is 0.762. The van der Waals surface area contributed by atoms with Gasteiger partial charge in [0.2, 0.25) is 0 Å². The van der Waals surface area contributed by atoms with E-state index in [1.54, 1.807) is 7.11 Å². The van der Waals surface area contributed by atoms with Gasteiger partial charge in [-0.3, -0.25) is 0 Å². The Morgan fingerprint density at radius 2 is 1.81 bits per heavy atom. The molecule has 0 spiro atoms. The summed E-state index contributed by atoms with van der Waals surface area (Å²) in [4.78, 5) is 0. The molecule has 3 nitrogen and oxygen atoms in total. The Labute approximate surface area is 101 Å². The monoisotopic (exact) mass is 231 g/mol. The highest BCUT2D eigenvalue weighted by Gasteiger charge is 2.07. The lowest BCUT2D eigenvalue weighted by molar-refractivity contribution is 0.0687. The summed E-state index contributed by atoms with van der Waals surface area (Å²) in [5, 5.41) is 3.56. The van der Waals surface area contributed by atoms with E-state index >= 15 is 0 Å². The van der Waals surface area contributed by atoms with E-state index in [9.17, 15) is 0 Å². The van der Waals surface area contributed by atoms with Gasteiger partial charge in [-0.25, -0.2) is 0 Å². The Morgan fingerprint density at radius 1 is 1.06 bits per heavy atom. The van der Waals surface area contributed by atoms with Crippen molar-refractivity contribution in [3.8, 4) is 0 Å². The van der Waals surface area contributed by atoms with Crippen LogP contribution in [0.1, 0.15) is 40.0 Å². The summed E-state index contributed by atoms with van der Waals surface area (Å²) < 4.78 is 10.3. The zero-order valence-corrected chi connectivity index (χ0v) is 11.4. The molecule has 0 bridgehead atoms. The summed E-state index contributed by atoms with van der Waals surface area (Å²) in [7, 11) is 1.70. The molecule has 98 valence electrons. The fourth-order valence-electron chi connectivity index (χ4n) is 1.46. The number of hydrogen-bond acceptors (Lipinski definition) is 3. The maximum absolute atomic E-state index is 5.40. The molecule has 0 aromatic carbocycles. The van der Waals surface area contributed by atoms with Crippen molar-refractivity contribution in [3.63, 3.8) is 0 Å². The molecule has 16 heavy (non-hydrogen) atoms. The maximum atomic E-state index is 5.40. The van der Waals surface area contributed by atoms with Crippen molar-refractivity contribution in [2.24, 2.45) is 5.92 Å². The predicted molar refractivity (Wildman–Crippen MR) is 68.8 cm³/mol. The molecule has 0 amide bonds. The van der Waals surface area contributed by atoms with Crippen molar-refractivity contribution in [1.29, 1.82) is 0 Å². The van der Waals surface area contributed by atoms with Crippen molar-refractivity contribution in [2.45, 2.75) is 46.1 Å². The minimum atomic E-state index is 0.624. The number of unbranched alkanes of at least 4 members (excludes halogenated alkanes) is 1. The molecule has 0 fully saturated rings. The molecule has 0 aliphatic carbocycles. The lowest BCUT2D eigenvalue weighted by atomic mass is 10.0. The van der Waals surface area contributed by atoms with Gasteiger partial charge in [0.1, 0.15) is 0 Å². The van der Waals surface area contributed by atoms with Crippen LogP contribution < -0.4 is 5.32 Å². The highest BCUT2D eigenvalue weighted by Crippen LogP contribution is 2.06. The van der Waals surface area contributed by atoms with Gasteiger partial charge in [0, 0.05) is 19.8 Å². The van der Waals surface area contributed by atoms with Gasteiger partial charge >= 0.3 is 0 Å². The Kier molecular flexibility index (Phi) is 11.3. The molecule has 3 heteroatoms. The number of hydrogen-bond donors (Lipinski definition) is 1. The minimum Gasteiger partial charge on any atom is -0.382 e. The lowest BCUT2D eigenvalue weighted by Crippen LogP contribution is -2.32. The molecule has 0 aliphatic rings. The highest BCUT2D eigenvalue weighted by atomic mass is 16.5. The summed E-state index contributed by atoms with van der Waals surface area (Å²) in [6.07, 6.45) is 3.56. The van der Waals surface area contributed by atoms with Crippen molar-refractivity contribution in [2.75, 3.05) is 33.5 Å². The van der Waals surface area contributed by atoms with Crippen LogP contribution in [-0.4, -0.2) is 39.5 Å². The Balaban J connectivity index is 3.14. The quantitative estimate of drug-likeness (QED) is 0.554. The second-order valence-electron chi connectivity index (χ2n) is 4.44. The van der Waals surface area contributed by atoms with Crippen LogP contribution in [0.2, 0.25) is 0 Å². The van der Waals surface area contributed by atoms with Gasteiger partial charge in [-0.1, -0.05) is 20.3 Å². The fourth-order valence-corrected chi connectivity index (χ4v) is 1.46. The molecule has 2 atom stereocenters. The summed E-state index contributed by atoms with van der Waals surface area (Å²) in [6, 6.07) is 0.624. The molecule has 0 aliphatic heterocycles. The maximum Gasteiger partial charge on any atom is 0.0700 e. The van der Waals surface area contributed by atoms with E-state index in [1.165, 1.54) is 12.8 Å². The van der Waals surface area contributed by atoms with Gasteiger partial charge in [0.15, 0.2) is 0 Å². The average Bonchev–Trinajstić information content (AvgIpc) is 2.31. The molecule has 0 aromatic rings. The summed E-state index contributed by atoms with van der Waals surface area (Å²) in [6.45, 7) is 10.2. The van der Waals surface area contributed by atoms with Crippen LogP contribution in [0.4, 0.5) is 0 Å². The van der Waals surface area contributed by atoms with Crippen LogP contribution in [-0.2, 0) is 9.47 Å². The van der Waals surface area contributed by atoms with Gasteiger partial charge in [-0.15, -0.1) is 0 Å². The van der Waals surface area contributed by atoms with Gasteiger partial charge in [-0.2, -0.15) is 0 Å². The van der Waals surface area contributed by atoms with Crippen molar-refractivity contribution < 1.29 is 9.47 Å². The first-order valence-corrected chi connectivity index (χ1v) is 6.52. The molecule has 0 saturated heterocycles. The van der Waals surface area contributed by atoms with Crippen LogP contribution in [0.15, 0.2) is 0 Å². The zero-order chi connectivity index (χ0) is 12.2. The lowest BCUT2D eigenvalue weighted by Gasteiger charge is -2.19. The summed E-state index contributed by atoms with van der Waals surface area (Å²) in [5.41, 5.74) is 0. The standard InChI is InChI=1S/C13H29NO2/c1-5-12(2)13(3)14-8-6-7-9-16-11-10-15-4/h12-14H,5-11H2,1-4H3. The van der Waals surface area contributed by atoms with Crippen molar-refractivity contribution in [3.05, 3.63) is 0 Å². The largest absolute Gasteiger partial charge is 0.382 e. The van der Waals surface area contributed by atoms with Crippen LogP contribution in [0.5, 0.6) is 0 Å². The van der Waals surface area contributed by atoms with Crippen molar-refractivity contribution in [1.82, 2.24) is 5.32 Å². The second kappa shape index (κ2) is 11.4. The number of nitrogens with one attached hydrogen (secondary N) is 1. The SMILES string of the molecule is CCC(C)C(C)NCCCCOCCOC. The van der Waals surface area contributed by atoms with Gasteiger partial charge in [0.25, 0.3) is 0 Å². The number of rotatable bonds is 11. The number of ether oxygens (including phenoxy) is 2. The first kappa shape index (κ1) is 15.9. The van der Waals surface area contributed by atoms with E-state index in [0.29, 0.717) is 19.3 Å². The molecule has 0 saturated carbocycles. The normalized spacial score (nSPS) is 15.0. The predicted octanol–water partition coefficient (Wildman–Crippen LogP) is 2.45. The molecular weight excluding hydrogens is 202 g/mol. The second-order valence-corrected chi connectivity index (χ2v) is 4.44. The van der Waals surface area contributed by atoms with Crippen LogP contribution in [0, 0.1) is 5.92 Å². The average molecular weight is 231 g/mol. The smallest absolute Gasteiger partial charge is 0.0700 e. The Hall–Kier alpha value is -0.120. The third-order valence-electron chi connectivity index (χ3n) is 3.11. The van der Waals surface area contributed by atoms with E-state index in [1.807, 2.05) is 0 Å². The van der Waals surface area contributed by atoms with E-state index in [0.717, 1.165) is 25.5 Å². The first-order chi connectivity index (χ1) is 7.72. The first-order valence-electron chi connectivity index (χ1n) is 6.52. The fraction of sp³-hybridized carbons (Fsp3) is 1.00. The van der Waals surface area contributed by atoms with Gasteiger partial charge in [0.05, 0.1) is 13.2 Å². The Morgan fingerprint density at radius 3 is 2.44 bits per heavy atom. The highest BCUT2D eigenvalue weighted by molar-refractivity contribution is 4.66.